The van der Waals surface area contributed by atoms with Crippen LogP contribution in [0.5, 0.6) is 0 Å². The number of aromatic nitrogens is 2. The molecule has 1 atom stereocenters. The molecule has 4 aromatic rings. The Kier molecular flexibility index (Phi) is 6.37. The molecule has 0 saturated heterocycles. The number of imidazole rings is 1. The lowest BCUT2D eigenvalue weighted by Gasteiger charge is -2.16. The maximum absolute atomic E-state index is 12.8. The van der Waals surface area contributed by atoms with Crippen LogP contribution in [-0.4, -0.2) is 32.6 Å². The zero-order valence-corrected chi connectivity index (χ0v) is 18.8. The van der Waals surface area contributed by atoms with Crippen molar-refractivity contribution in [2.45, 2.75) is 32.7 Å². The van der Waals surface area contributed by atoms with Crippen LogP contribution in [0, 0.1) is 5.92 Å². The van der Waals surface area contributed by atoms with Gasteiger partial charge >= 0.3 is 5.97 Å². The number of carboxylic acids is 1. The minimum Gasteiger partial charge on any atom is -0.480 e. The summed E-state index contributed by atoms with van der Waals surface area (Å²) in [6, 6.07) is 16.5. The summed E-state index contributed by atoms with van der Waals surface area (Å²) < 4.78 is 2.10. The number of benzene rings is 2. The lowest BCUT2D eigenvalue weighted by atomic mass is 10.0. The molecule has 7 heteroatoms. The molecule has 0 radical (unpaired) electrons. The molecule has 0 aliphatic carbocycles. The Hall–Kier alpha value is -3.45. The number of hydrogen-bond donors (Lipinski definition) is 2. The largest absolute Gasteiger partial charge is 0.480 e. The average molecular weight is 448 g/mol. The van der Waals surface area contributed by atoms with Gasteiger partial charge in [-0.3, -0.25) is 9.36 Å². The quantitative estimate of drug-likeness (QED) is 0.402. The fraction of sp³-hybridized carbons (Fsp3) is 0.240. The second-order valence-corrected chi connectivity index (χ2v) is 8.98. The molecule has 2 heterocycles. The van der Waals surface area contributed by atoms with Gasteiger partial charge in [0, 0.05) is 17.7 Å². The van der Waals surface area contributed by atoms with Gasteiger partial charge in [0.2, 0.25) is 0 Å². The summed E-state index contributed by atoms with van der Waals surface area (Å²) in [7, 11) is 0. The number of para-hydroxylation sites is 1. The molecular formula is C25H25N3O3S. The van der Waals surface area contributed by atoms with E-state index in [2.05, 4.69) is 21.3 Å². The summed E-state index contributed by atoms with van der Waals surface area (Å²) in [5, 5.41) is 16.2. The highest BCUT2D eigenvalue weighted by Gasteiger charge is 2.22. The van der Waals surface area contributed by atoms with E-state index in [1.54, 1.807) is 23.5 Å². The van der Waals surface area contributed by atoms with Crippen molar-refractivity contribution >= 4 is 34.2 Å². The van der Waals surface area contributed by atoms with E-state index in [4.69, 9.17) is 4.98 Å². The highest BCUT2D eigenvalue weighted by molar-refractivity contribution is 7.07. The zero-order valence-electron chi connectivity index (χ0n) is 18.0. The molecule has 0 bridgehead atoms. The van der Waals surface area contributed by atoms with Crippen molar-refractivity contribution in [1.29, 1.82) is 0 Å². The molecule has 0 aliphatic heterocycles. The monoisotopic (exact) mass is 447 g/mol. The van der Waals surface area contributed by atoms with E-state index in [1.807, 2.05) is 55.6 Å². The Morgan fingerprint density at radius 2 is 1.91 bits per heavy atom. The maximum Gasteiger partial charge on any atom is 0.326 e. The minimum atomic E-state index is -1.03. The topological polar surface area (TPSA) is 84.2 Å². The summed E-state index contributed by atoms with van der Waals surface area (Å²) in [6.07, 6.45) is 1.04. The van der Waals surface area contributed by atoms with Crippen molar-refractivity contribution in [3.05, 3.63) is 82.3 Å². The highest BCUT2D eigenvalue weighted by atomic mass is 32.1. The van der Waals surface area contributed by atoms with Crippen molar-refractivity contribution in [3.8, 4) is 5.69 Å². The van der Waals surface area contributed by atoms with Gasteiger partial charge in [-0.15, -0.1) is 0 Å². The van der Waals surface area contributed by atoms with Crippen molar-refractivity contribution in [2.75, 3.05) is 0 Å². The molecule has 0 unspecified atom stereocenters. The molecule has 0 aliphatic rings. The van der Waals surface area contributed by atoms with E-state index in [0.717, 1.165) is 17.0 Å². The van der Waals surface area contributed by atoms with Gasteiger partial charge in [-0.2, -0.15) is 11.3 Å². The molecule has 0 spiro atoms. The smallest absolute Gasteiger partial charge is 0.326 e. The highest BCUT2D eigenvalue weighted by Crippen LogP contribution is 2.25. The summed E-state index contributed by atoms with van der Waals surface area (Å²) in [6.45, 7) is 3.86. The number of carbonyl (C=O) groups excluding carboxylic acids is 1. The number of carboxylic acid groups (broad SMARTS) is 1. The third-order valence-corrected chi connectivity index (χ3v) is 5.99. The SMILES string of the molecule is CC(C)C[C@H](NC(=O)c1ccc2c(c1)nc(Cc1ccsc1)n2-c1ccccc1)C(=O)O. The number of carbonyl (C=O) groups is 2. The van der Waals surface area contributed by atoms with Gasteiger partial charge in [-0.25, -0.2) is 9.78 Å². The van der Waals surface area contributed by atoms with E-state index in [1.165, 1.54) is 5.56 Å². The summed E-state index contributed by atoms with van der Waals surface area (Å²) >= 11 is 1.65. The second kappa shape index (κ2) is 9.36. The molecule has 164 valence electrons. The maximum atomic E-state index is 12.8. The Labute approximate surface area is 190 Å². The zero-order chi connectivity index (χ0) is 22.7. The number of thiophene rings is 1. The van der Waals surface area contributed by atoms with Crippen LogP contribution in [0.4, 0.5) is 0 Å². The third-order valence-electron chi connectivity index (χ3n) is 5.25. The Bertz CT molecular complexity index is 1230. The van der Waals surface area contributed by atoms with Crippen LogP contribution < -0.4 is 5.32 Å². The Morgan fingerprint density at radius 1 is 1.12 bits per heavy atom. The van der Waals surface area contributed by atoms with Gasteiger partial charge in [-0.05, 0) is 65.1 Å². The number of rotatable bonds is 8. The van der Waals surface area contributed by atoms with Gasteiger partial charge < -0.3 is 10.4 Å². The number of hydrogen-bond acceptors (Lipinski definition) is 4. The van der Waals surface area contributed by atoms with Gasteiger partial charge in [0.1, 0.15) is 11.9 Å². The van der Waals surface area contributed by atoms with E-state index >= 15 is 0 Å². The predicted octanol–water partition coefficient (Wildman–Crippen LogP) is 4.91. The number of amides is 1. The summed E-state index contributed by atoms with van der Waals surface area (Å²) in [4.78, 5) is 29.2. The van der Waals surface area contributed by atoms with Crippen LogP contribution in [0.2, 0.25) is 0 Å². The molecule has 2 aromatic heterocycles. The number of aliphatic carboxylic acids is 1. The summed E-state index contributed by atoms with van der Waals surface area (Å²) in [5.41, 5.74) is 4.17. The van der Waals surface area contributed by atoms with E-state index in [0.29, 0.717) is 23.9 Å². The molecule has 0 fully saturated rings. The first-order valence-electron chi connectivity index (χ1n) is 10.5. The average Bonchev–Trinajstić information content (AvgIpc) is 3.40. The molecule has 1 amide bonds. The van der Waals surface area contributed by atoms with E-state index < -0.39 is 17.9 Å². The fourth-order valence-electron chi connectivity index (χ4n) is 3.77. The normalized spacial score (nSPS) is 12.2. The van der Waals surface area contributed by atoms with Crippen molar-refractivity contribution in [2.24, 2.45) is 5.92 Å². The van der Waals surface area contributed by atoms with Gasteiger partial charge in [0.05, 0.1) is 11.0 Å². The first kappa shape index (κ1) is 21.8. The lowest BCUT2D eigenvalue weighted by molar-refractivity contribution is -0.139. The van der Waals surface area contributed by atoms with Gasteiger partial charge in [0.15, 0.2) is 0 Å². The number of fused-ring (bicyclic) bond motifs is 1. The standard InChI is InChI=1S/C25H25N3O3S/c1-16(2)12-21(25(30)31)27-24(29)18-8-9-22-20(14-18)26-23(13-17-10-11-32-15-17)28(22)19-6-4-3-5-7-19/h3-11,14-16,21H,12-13H2,1-2H3,(H,27,29)(H,30,31)/t21-/m0/s1. The van der Waals surface area contributed by atoms with Crippen LogP contribution in [-0.2, 0) is 11.2 Å². The minimum absolute atomic E-state index is 0.153. The van der Waals surface area contributed by atoms with Crippen molar-refractivity contribution < 1.29 is 14.7 Å². The Morgan fingerprint density at radius 3 is 2.56 bits per heavy atom. The van der Waals surface area contributed by atoms with Crippen LogP contribution in [0.25, 0.3) is 16.7 Å². The molecular weight excluding hydrogens is 422 g/mol. The second-order valence-electron chi connectivity index (χ2n) is 8.20. The van der Waals surface area contributed by atoms with E-state index in [9.17, 15) is 14.7 Å². The molecule has 2 N–H and O–H groups in total. The fourth-order valence-corrected chi connectivity index (χ4v) is 4.43. The van der Waals surface area contributed by atoms with Crippen molar-refractivity contribution in [1.82, 2.24) is 14.9 Å². The molecule has 4 rings (SSSR count). The van der Waals surface area contributed by atoms with Crippen LogP contribution in [0.3, 0.4) is 0 Å². The molecule has 32 heavy (non-hydrogen) atoms. The number of nitrogens with zero attached hydrogens (tertiary/aromatic N) is 2. The first-order valence-corrected chi connectivity index (χ1v) is 11.5. The van der Waals surface area contributed by atoms with Gasteiger partial charge in [0.25, 0.3) is 5.91 Å². The van der Waals surface area contributed by atoms with Crippen LogP contribution >= 0.6 is 11.3 Å². The predicted molar refractivity (Wildman–Crippen MR) is 127 cm³/mol. The lowest BCUT2D eigenvalue weighted by Crippen LogP contribution is -2.41. The number of nitrogens with one attached hydrogen (secondary N) is 1. The van der Waals surface area contributed by atoms with E-state index in [-0.39, 0.29) is 5.92 Å². The Balaban J connectivity index is 1.71. The molecule has 6 nitrogen and oxygen atoms in total. The molecule has 2 aromatic carbocycles. The van der Waals surface area contributed by atoms with Crippen LogP contribution in [0.1, 0.15) is 42.0 Å². The van der Waals surface area contributed by atoms with Crippen LogP contribution in [0.15, 0.2) is 65.4 Å². The van der Waals surface area contributed by atoms with Gasteiger partial charge in [-0.1, -0.05) is 32.0 Å². The molecule has 0 saturated carbocycles. The first-order chi connectivity index (χ1) is 15.4. The third kappa shape index (κ3) is 4.73. The summed E-state index contributed by atoms with van der Waals surface area (Å²) in [5.74, 6) is -0.404. The van der Waals surface area contributed by atoms with Crippen molar-refractivity contribution in [3.63, 3.8) is 0 Å².